The number of halogens is 1. The first-order valence-electron chi connectivity index (χ1n) is 7.54. The molecule has 2 rings (SSSR count). The maximum atomic E-state index is 14.3. The predicted molar refractivity (Wildman–Crippen MR) is 80.4 cm³/mol. The zero-order chi connectivity index (χ0) is 14.5. The standard InChI is InChI=1S/C16H25FN2O/c1-3-18-11-12-7-6-8-13(17)16(12)19(2)14-9-4-5-10-15(14)20/h6-8,14-15,18,20H,3-5,9-11H2,1-2H3. The SMILES string of the molecule is CCNCc1cccc(F)c1N(C)C1CCCCC1O. The molecule has 1 aliphatic carbocycles. The van der Waals surface area contributed by atoms with Crippen molar-refractivity contribution in [3.05, 3.63) is 29.6 Å². The molecule has 2 N–H and O–H groups in total. The summed E-state index contributed by atoms with van der Waals surface area (Å²) in [7, 11) is 1.90. The summed E-state index contributed by atoms with van der Waals surface area (Å²) in [6.45, 7) is 3.54. The molecule has 0 amide bonds. The number of likely N-dealkylation sites (N-methyl/N-ethyl adjacent to an activating group) is 1. The van der Waals surface area contributed by atoms with Gasteiger partial charge in [0.15, 0.2) is 0 Å². The van der Waals surface area contributed by atoms with Crippen LogP contribution in [0.15, 0.2) is 18.2 Å². The van der Waals surface area contributed by atoms with Gasteiger partial charge in [-0.05, 0) is 31.0 Å². The minimum Gasteiger partial charge on any atom is -0.391 e. The van der Waals surface area contributed by atoms with Crippen LogP contribution in [0.3, 0.4) is 0 Å². The zero-order valence-electron chi connectivity index (χ0n) is 12.4. The minimum atomic E-state index is -0.361. The van der Waals surface area contributed by atoms with E-state index in [2.05, 4.69) is 5.32 Å². The molecular weight excluding hydrogens is 255 g/mol. The molecule has 1 aromatic carbocycles. The summed E-state index contributed by atoms with van der Waals surface area (Å²) >= 11 is 0. The van der Waals surface area contributed by atoms with Gasteiger partial charge in [-0.25, -0.2) is 4.39 Å². The molecular formula is C16H25FN2O. The van der Waals surface area contributed by atoms with Gasteiger partial charge in [-0.15, -0.1) is 0 Å². The first-order valence-corrected chi connectivity index (χ1v) is 7.54. The van der Waals surface area contributed by atoms with Crippen LogP contribution >= 0.6 is 0 Å². The summed E-state index contributed by atoms with van der Waals surface area (Å²) in [6, 6.07) is 5.21. The Balaban J connectivity index is 2.25. The second-order valence-corrected chi connectivity index (χ2v) is 5.56. The van der Waals surface area contributed by atoms with E-state index in [0.717, 1.165) is 37.8 Å². The lowest BCUT2D eigenvalue weighted by atomic mass is 9.91. The van der Waals surface area contributed by atoms with Gasteiger partial charge in [0.2, 0.25) is 0 Å². The largest absolute Gasteiger partial charge is 0.391 e. The van der Waals surface area contributed by atoms with Gasteiger partial charge in [-0.3, -0.25) is 0 Å². The smallest absolute Gasteiger partial charge is 0.146 e. The van der Waals surface area contributed by atoms with Gasteiger partial charge in [0.05, 0.1) is 17.8 Å². The number of anilines is 1. The summed E-state index contributed by atoms with van der Waals surface area (Å²) in [6.07, 6.45) is 3.54. The summed E-state index contributed by atoms with van der Waals surface area (Å²) in [5.41, 5.74) is 1.58. The minimum absolute atomic E-state index is 0.0148. The molecule has 0 bridgehead atoms. The van der Waals surface area contributed by atoms with Crippen molar-refractivity contribution >= 4 is 5.69 Å². The molecule has 1 saturated carbocycles. The number of aliphatic hydroxyl groups excluding tert-OH is 1. The fourth-order valence-electron chi connectivity index (χ4n) is 3.07. The third kappa shape index (κ3) is 3.30. The zero-order valence-corrected chi connectivity index (χ0v) is 12.4. The van der Waals surface area contributed by atoms with Gasteiger partial charge in [0, 0.05) is 13.6 Å². The van der Waals surface area contributed by atoms with Crippen LogP contribution in [-0.2, 0) is 6.54 Å². The van der Waals surface area contributed by atoms with Crippen molar-refractivity contribution in [1.29, 1.82) is 0 Å². The number of hydrogen-bond donors (Lipinski definition) is 2. The van der Waals surface area contributed by atoms with Crippen LogP contribution in [0.1, 0.15) is 38.2 Å². The molecule has 0 aliphatic heterocycles. The summed E-state index contributed by atoms with van der Waals surface area (Å²) < 4.78 is 14.3. The van der Waals surface area contributed by atoms with Crippen molar-refractivity contribution in [3.63, 3.8) is 0 Å². The molecule has 1 fully saturated rings. The number of para-hydroxylation sites is 1. The lowest BCUT2D eigenvalue weighted by Crippen LogP contribution is -2.44. The second-order valence-electron chi connectivity index (χ2n) is 5.56. The van der Waals surface area contributed by atoms with E-state index in [-0.39, 0.29) is 18.0 Å². The normalized spacial score (nSPS) is 22.8. The number of aliphatic hydroxyl groups is 1. The van der Waals surface area contributed by atoms with E-state index in [1.54, 1.807) is 6.07 Å². The van der Waals surface area contributed by atoms with E-state index in [4.69, 9.17) is 0 Å². The molecule has 2 unspecified atom stereocenters. The van der Waals surface area contributed by atoms with Gasteiger partial charge in [0.25, 0.3) is 0 Å². The Hall–Kier alpha value is -1.13. The molecule has 4 heteroatoms. The summed E-state index contributed by atoms with van der Waals surface area (Å²) in [5.74, 6) is -0.208. The average molecular weight is 280 g/mol. The molecule has 20 heavy (non-hydrogen) atoms. The fourth-order valence-corrected chi connectivity index (χ4v) is 3.07. The molecule has 0 heterocycles. The third-order valence-electron chi connectivity index (χ3n) is 4.18. The molecule has 1 aromatic rings. The number of benzene rings is 1. The van der Waals surface area contributed by atoms with Gasteiger partial charge in [0.1, 0.15) is 5.82 Å². The summed E-state index contributed by atoms with van der Waals surface area (Å²) in [5, 5.41) is 13.4. The van der Waals surface area contributed by atoms with Crippen LogP contribution in [0.25, 0.3) is 0 Å². The second kappa shape index (κ2) is 7.04. The lowest BCUT2D eigenvalue weighted by Gasteiger charge is -2.37. The highest BCUT2D eigenvalue weighted by molar-refractivity contribution is 5.55. The Bertz CT molecular complexity index is 438. The van der Waals surface area contributed by atoms with E-state index in [9.17, 15) is 9.50 Å². The number of rotatable bonds is 5. The average Bonchev–Trinajstić information content (AvgIpc) is 2.45. The monoisotopic (exact) mass is 280 g/mol. The Morgan fingerprint density at radius 1 is 1.35 bits per heavy atom. The number of nitrogens with zero attached hydrogens (tertiary/aromatic N) is 1. The fraction of sp³-hybridized carbons (Fsp3) is 0.625. The highest BCUT2D eigenvalue weighted by atomic mass is 19.1. The van der Waals surface area contributed by atoms with Gasteiger partial charge < -0.3 is 15.3 Å². The Morgan fingerprint density at radius 2 is 2.10 bits per heavy atom. The molecule has 112 valence electrons. The van der Waals surface area contributed by atoms with E-state index in [1.807, 2.05) is 24.9 Å². The molecule has 2 atom stereocenters. The molecule has 0 radical (unpaired) electrons. The Labute approximate surface area is 120 Å². The van der Waals surface area contributed by atoms with Crippen LogP contribution in [0.2, 0.25) is 0 Å². The Morgan fingerprint density at radius 3 is 2.80 bits per heavy atom. The van der Waals surface area contributed by atoms with E-state index in [0.29, 0.717) is 12.2 Å². The highest BCUT2D eigenvalue weighted by Crippen LogP contribution is 2.30. The van der Waals surface area contributed by atoms with Crippen molar-refractivity contribution in [3.8, 4) is 0 Å². The van der Waals surface area contributed by atoms with Gasteiger partial charge in [-0.1, -0.05) is 31.9 Å². The van der Waals surface area contributed by atoms with Crippen LogP contribution in [-0.4, -0.2) is 30.8 Å². The van der Waals surface area contributed by atoms with Crippen LogP contribution in [0, 0.1) is 5.82 Å². The van der Waals surface area contributed by atoms with Crippen molar-refractivity contribution in [1.82, 2.24) is 5.32 Å². The van der Waals surface area contributed by atoms with Gasteiger partial charge in [-0.2, -0.15) is 0 Å². The quantitative estimate of drug-likeness (QED) is 0.870. The van der Waals surface area contributed by atoms with Crippen molar-refractivity contribution in [2.24, 2.45) is 0 Å². The van der Waals surface area contributed by atoms with E-state index in [1.165, 1.54) is 6.07 Å². The third-order valence-corrected chi connectivity index (χ3v) is 4.18. The molecule has 3 nitrogen and oxygen atoms in total. The van der Waals surface area contributed by atoms with Crippen LogP contribution in [0.4, 0.5) is 10.1 Å². The highest BCUT2D eigenvalue weighted by Gasteiger charge is 2.29. The topological polar surface area (TPSA) is 35.5 Å². The molecule has 1 aliphatic rings. The molecule has 0 saturated heterocycles. The first-order chi connectivity index (χ1) is 9.65. The van der Waals surface area contributed by atoms with Gasteiger partial charge >= 0.3 is 0 Å². The maximum Gasteiger partial charge on any atom is 0.146 e. The van der Waals surface area contributed by atoms with Crippen LogP contribution < -0.4 is 10.2 Å². The lowest BCUT2D eigenvalue weighted by molar-refractivity contribution is 0.106. The molecule has 0 aromatic heterocycles. The number of hydrogen-bond acceptors (Lipinski definition) is 3. The summed E-state index contributed by atoms with van der Waals surface area (Å²) in [4.78, 5) is 1.94. The molecule has 0 spiro atoms. The first kappa shape index (κ1) is 15.3. The van der Waals surface area contributed by atoms with E-state index < -0.39 is 0 Å². The van der Waals surface area contributed by atoms with E-state index >= 15 is 0 Å². The predicted octanol–water partition coefficient (Wildman–Crippen LogP) is 2.67. The Kier molecular flexibility index (Phi) is 5.38. The number of nitrogens with one attached hydrogen (secondary N) is 1. The maximum absolute atomic E-state index is 14.3. The van der Waals surface area contributed by atoms with Crippen molar-refractivity contribution < 1.29 is 9.50 Å². The van der Waals surface area contributed by atoms with Crippen LogP contribution in [0.5, 0.6) is 0 Å². The van der Waals surface area contributed by atoms with Crippen molar-refractivity contribution in [2.75, 3.05) is 18.5 Å². The van der Waals surface area contributed by atoms with Crippen molar-refractivity contribution in [2.45, 2.75) is 51.3 Å².